The molecular formula is C15H26Cl2N2O2. The van der Waals surface area contributed by atoms with Crippen LogP contribution in [-0.4, -0.2) is 36.2 Å². The Morgan fingerprint density at radius 3 is 2.43 bits per heavy atom. The average molecular weight is 337 g/mol. The number of aliphatic hydroxyl groups excluding tert-OH is 1. The molecule has 21 heavy (non-hydrogen) atoms. The second-order valence-corrected chi connectivity index (χ2v) is 5.74. The summed E-state index contributed by atoms with van der Waals surface area (Å²) in [6.45, 7) is 4.32. The molecule has 2 heterocycles. The largest absolute Gasteiger partial charge is 0.462 e. The van der Waals surface area contributed by atoms with Gasteiger partial charge in [0.15, 0.2) is 0 Å². The molecule has 1 aliphatic carbocycles. The molecule has 122 valence electrons. The molecule has 0 amide bonds. The second kappa shape index (κ2) is 9.01. The van der Waals surface area contributed by atoms with E-state index in [2.05, 4.69) is 16.3 Å². The fourth-order valence-electron chi connectivity index (χ4n) is 3.58. The highest BCUT2D eigenvalue weighted by atomic mass is 35.5. The van der Waals surface area contributed by atoms with Crippen LogP contribution in [0.5, 0.6) is 0 Å². The Balaban J connectivity index is 0.00000110. The molecule has 4 nitrogen and oxygen atoms in total. The van der Waals surface area contributed by atoms with E-state index in [1.807, 2.05) is 6.07 Å². The third-order valence-corrected chi connectivity index (χ3v) is 4.52. The van der Waals surface area contributed by atoms with Crippen molar-refractivity contribution in [3.8, 4) is 0 Å². The molecule has 0 radical (unpaired) electrons. The van der Waals surface area contributed by atoms with Crippen LogP contribution in [0.3, 0.4) is 0 Å². The van der Waals surface area contributed by atoms with E-state index in [1.54, 1.807) is 0 Å². The summed E-state index contributed by atoms with van der Waals surface area (Å²) in [5.41, 5.74) is 0. The molecule has 1 aromatic rings. The lowest BCUT2D eigenvalue weighted by Gasteiger charge is -2.37. The number of nitrogens with zero attached hydrogens (tertiary/aromatic N) is 1. The van der Waals surface area contributed by atoms with Crippen molar-refractivity contribution in [3.63, 3.8) is 0 Å². The Bertz CT molecular complexity index is 402. The van der Waals surface area contributed by atoms with Crippen LogP contribution in [-0.2, 0) is 6.61 Å². The Morgan fingerprint density at radius 1 is 1.19 bits per heavy atom. The van der Waals surface area contributed by atoms with Gasteiger partial charge in [-0.1, -0.05) is 12.8 Å². The zero-order valence-electron chi connectivity index (χ0n) is 12.3. The summed E-state index contributed by atoms with van der Waals surface area (Å²) in [4.78, 5) is 2.56. The lowest BCUT2D eigenvalue weighted by Crippen LogP contribution is -2.46. The molecule has 1 saturated heterocycles. The van der Waals surface area contributed by atoms with Gasteiger partial charge in [0.1, 0.15) is 18.1 Å². The molecule has 1 aliphatic heterocycles. The number of aliphatic hydroxyl groups is 1. The number of furan rings is 1. The third-order valence-electron chi connectivity index (χ3n) is 4.52. The maximum Gasteiger partial charge on any atom is 0.129 e. The molecule has 2 fully saturated rings. The van der Waals surface area contributed by atoms with Gasteiger partial charge in [0.2, 0.25) is 0 Å². The first kappa shape index (κ1) is 18.8. The number of piperazine rings is 1. The SMILES string of the molecule is Cl.Cl.OCc1ccc([C@H](C2CCCC2)N2CCNCC2)o1. The van der Waals surface area contributed by atoms with Crippen molar-refractivity contribution in [1.29, 1.82) is 0 Å². The molecule has 1 aromatic heterocycles. The first-order valence-electron chi connectivity index (χ1n) is 7.52. The van der Waals surface area contributed by atoms with Gasteiger partial charge < -0.3 is 14.8 Å². The van der Waals surface area contributed by atoms with E-state index in [0.717, 1.165) is 37.9 Å². The van der Waals surface area contributed by atoms with Crippen molar-refractivity contribution >= 4 is 24.8 Å². The predicted molar refractivity (Wildman–Crippen MR) is 88.3 cm³/mol. The van der Waals surface area contributed by atoms with Gasteiger partial charge in [0.25, 0.3) is 0 Å². The molecule has 1 atom stereocenters. The molecule has 0 bridgehead atoms. The topological polar surface area (TPSA) is 48.6 Å². The Labute approximate surface area is 139 Å². The van der Waals surface area contributed by atoms with Gasteiger partial charge in [-0.3, -0.25) is 4.90 Å². The fraction of sp³-hybridized carbons (Fsp3) is 0.733. The van der Waals surface area contributed by atoms with E-state index < -0.39 is 0 Å². The van der Waals surface area contributed by atoms with Crippen LogP contribution in [0.2, 0.25) is 0 Å². The smallest absolute Gasteiger partial charge is 0.129 e. The lowest BCUT2D eigenvalue weighted by atomic mass is 9.94. The minimum absolute atomic E-state index is 0. The monoisotopic (exact) mass is 336 g/mol. The number of hydrogen-bond acceptors (Lipinski definition) is 4. The summed E-state index contributed by atoms with van der Waals surface area (Å²) in [5, 5.41) is 12.6. The van der Waals surface area contributed by atoms with Crippen molar-refractivity contribution in [2.75, 3.05) is 26.2 Å². The fourth-order valence-corrected chi connectivity index (χ4v) is 3.58. The lowest BCUT2D eigenvalue weighted by molar-refractivity contribution is 0.104. The van der Waals surface area contributed by atoms with Crippen molar-refractivity contribution in [2.24, 2.45) is 5.92 Å². The standard InChI is InChI=1S/C15H24N2O2.2ClH/c18-11-13-5-6-14(19-13)15(12-3-1-2-4-12)17-9-7-16-8-10-17;;/h5-6,12,15-16,18H,1-4,7-11H2;2*1H/t15-;;/m0../s1. The van der Waals surface area contributed by atoms with Crippen LogP contribution in [0.1, 0.15) is 43.2 Å². The Morgan fingerprint density at radius 2 is 1.86 bits per heavy atom. The molecule has 2 aliphatic rings. The van der Waals surface area contributed by atoms with Gasteiger partial charge in [-0.2, -0.15) is 0 Å². The van der Waals surface area contributed by atoms with E-state index in [0.29, 0.717) is 11.8 Å². The summed E-state index contributed by atoms with van der Waals surface area (Å²) >= 11 is 0. The van der Waals surface area contributed by atoms with Gasteiger partial charge in [0.05, 0.1) is 6.04 Å². The first-order valence-corrected chi connectivity index (χ1v) is 7.52. The third kappa shape index (κ3) is 4.36. The highest BCUT2D eigenvalue weighted by molar-refractivity contribution is 5.85. The Kier molecular flexibility index (Phi) is 8.06. The minimum atomic E-state index is -0.00105. The summed E-state index contributed by atoms with van der Waals surface area (Å²) < 4.78 is 5.85. The van der Waals surface area contributed by atoms with Gasteiger partial charge in [0, 0.05) is 26.2 Å². The van der Waals surface area contributed by atoms with E-state index in [9.17, 15) is 5.11 Å². The molecular weight excluding hydrogens is 311 g/mol. The minimum Gasteiger partial charge on any atom is -0.462 e. The van der Waals surface area contributed by atoms with Gasteiger partial charge in [-0.05, 0) is 30.9 Å². The van der Waals surface area contributed by atoms with Crippen LogP contribution >= 0.6 is 24.8 Å². The van der Waals surface area contributed by atoms with E-state index in [-0.39, 0.29) is 31.4 Å². The zero-order valence-corrected chi connectivity index (χ0v) is 13.9. The maximum absolute atomic E-state index is 9.19. The summed E-state index contributed by atoms with van der Waals surface area (Å²) in [7, 11) is 0. The molecule has 2 N–H and O–H groups in total. The van der Waals surface area contributed by atoms with Crippen LogP contribution < -0.4 is 5.32 Å². The summed E-state index contributed by atoms with van der Waals surface area (Å²) in [6, 6.07) is 4.39. The van der Waals surface area contributed by atoms with E-state index in [1.165, 1.54) is 25.7 Å². The number of nitrogens with one attached hydrogen (secondary N) is 1. The number of rotatable bonds is 4. The summed E-state index contributed by atoms with van der Waals surface area (Å²) in [6.07, 6.45) is 5.31. The Hall–Kier alpha value is -0.260. The highest BCUT2D eigenvalue weighted by Crippen LogP contribution is 2.40. The molecule has 6 heteroatoms. The second-order valence-electron chi connectivity index (χ2n) is 5.74. The normalized spacial score (nSPS) is 21.6. The van der Waals surface area contributed by atoms with Gasteiger partial charge in [-0.25, -0.2) is 0 Å². The van der Waals surface area contributed by atoms with Crippen molar-refractivity contribution in [3.05, 3.63) is 23.7 Å². The van der Waals surface area contributed by atoms with Crippen molar-refractivity contribution < 1.29 is 9.52 Å². The zero-order chi connectivity index (χ0) is 13.1. The van der Waals surface area contributed by atoms with Gasteiger partial charge >= 0.3 is 0 Å². The van der Waals surface area contributed by atoms with E-state index in [4.69, 9.17) is 4.42 Å². The van der Waals surface area contributed by atoms with Crippen LogP contribution in [0.4, 0.5) is 0 Å². The van der Waals surface area contributed by atoms with Gasteiger partial charge in [-0.15, -0.1) is 24.8 Å². The molecule has 0 unspecified atom stereocenters. The van der Waals surface area contributed by atoms with Crippen LogP contribution in [0, 0.1) is 5.92 Å². The quantitative estimate of drug-likeness (QED) is 0.887. The number of halogens is 2. The number of hydrogen-bond donors (Lipinski definition) is 2. The first-order chi connectivity index (χ1) is 9.38. The predicted octanol–water partition coefficient (Wildman–Crippen LogP) is 2.75. The molecule has 1 saturated carbocycles. The summed E-state index contributed by atoms with van der Waals surface area (Å²) in [5.74, 6) is 2.46. The molecule has 3 rings (SSSR count). The maximum atomic E-state index is 9.19. The average Bonchev–Trinajstić information content (AvgIpc) is 3.12. The van der Waals surface area contributed by atoms with E-state index >= 15 is 0 Å². The van der Waals surface area contributed by atoms with Crippen LogP contribution in [0.15, 0.2) is 16.5 Å². The van der Waals surface area contributed by atoms with Crippen molar-refractivity contribution in [1.82, 2.24) is 10.2 Å². The van der Waals surface area contributed by atoms with Crippen LogP contribution in [0.25, 0.3) is 0 Å². The molecule has 0 spiro atoms. The highest BCUT2D eigenvalue weighted by Gasteiger charge is 2.33. The molecule has 0 aromatic carbocycles. The van der Waals surface area contributed by atoms with Crippen molar-refractivity contribution in [2.45, 2.75) is 38.3 Å².